The molecule has 0 aliphatic heterocycles. The van der Waals surface area contributed by atoms with Crippen molar-refractivity contribution in [2.75, 3.05) is 0 Å². The van der Waals surface area contributed by atoms with Gasteiger partial charge in [-0.15, -0.1) is 0 Å². The Hall–Kier alpha value is -2.68. The molecule has 1 aromatic heterocycles. The summed E-state index contributed by atoms with van der Waals surface area (Å²) in [5.41, 5.74) is 2.55. The van der Waals surface area contributed by atoms with Gasteiger partial charge < -0.3 is 4.74 Å². The Labute approximate surface area is 155 Å². The molecule has 0 aliphatic carbocycles. The van der Waals surface area contributed by atoms with Crippen LogP contribution >= 0.6 is 0 Å². The Bertz CT molecular complexity index is 888. The first-order chi connectivity index (χ1) is 12.7. The van der Waals surface area contributed by atoms with Gasteiger partial charge in [-0.2, -0.15) is 0 Å². The molecule has 3 rings (SSSR count). The van der Waals surface area contributed by atoms with Crippen molar-refractivity contribution in [3.63, 3.8) is 0 Å². The van der Waals surface area contributed by atoms with Gasteiger partial charge in [0.25, 0.3) is 0 Å². The average molecular weight is 347 g/mol. The monoisotopic (exact) mass is 347 g/mol. The van der Waals surface area contributed by atoms with E-state index >= 15 is 0 Å². The molecule has 0 spiro atoms. The van der Waals surface area contributed by atoms with E-state index in [0.717, 1.165) is 41.4 Å². The fourth-order valence-electron chi connectivity index (χ4n) is 3.01. The second-order valence-corrected chi connectivity index (χ2v) is 6.72. The molecule has 0 bridgehead atoms. The van der Waals surface area contributed by atoms with Crippen LogP contribution in [0.5, 0.6) is 5.75 Å². The normalized spacial score (nSPS) is 12.1. The van der Waals surface area contributed by atoms with Gasteiger partial charge in [0.2, 0.25) is 0 Å². The largest absolute Gasteiger partial charge is 0.487 e. The Morgan fingerprint density at radius 1 is 1.08 bits per heavy atom. The number of carbonyl (C=O) groups is 1. The summed E-state index contributed by atoms with van der Waals surface area (Å²) in [5, 5.41) is 1.12. The van der Waals surface area contributed by atoms with Gasteiger partial charge in [0.15, 0.2) is 5.78 Å². The van der Waals surface area contributed by atoms with Crippen molar-refractivity contribution < 1.29 is 9.53 Å². The highest BCUT2D eigenvalue weighted by Gasteiger charge is 2.15. The molecule has 3 heteroatoms. The van der Waals surface area contributed by atoms with Crippen molar-refractivity contribution in [3.8, 4) is 5.75 Å². The lowest BCUT2D eigenvalue weighted by atomic mass is 9.94. The van der Waals surface area contributed by atoms with Crippen molar-refractivity contribution >= 4 is 16.7 Å². The second kappa shape index (κ2) is 8.61. The SMILES string of the molecule is CCCCC(C)C(=O)c1cccc(OCc2ccc3ccccc3n2)c1. The average Bonchev–Trinajstić information content (AvgIpc) is 2.70. The molecule has 0 saturated carbocycles. The molecule has 1 heterocycles. The quantitative estimate of drug-likeness (QED) is 0.482. The number of rotatable bonds is 8. The van der Waals surface area contributed by atoms with Crippen molar-refractivity contribution in [2.24, 2.45) is 5.92 Å². The van der Waals surface area contributed by atoms with Gasteiger partial charge in [-0.05, 0) is 30.7 Å². The smallest absolute Gasteiger partial charge is 0.165 e. The minimum absolute atomic E-state index is 0.0485. The highest BCUT2D eigenvalue weighted by atomic mass is 16.5. The second-order valence-electron chi connectivity index (χ2n) is 6.72. The summed E-state index contributed by atoms with van der Waals surface area (Å²) in [6, 6.07) is 19.5. The lowest BCUT2D eigenvalue weighted by Crippen LogP contribution is -2.11. The zero-order valence-corrected chi connectivity index (χ0v) is 15.4. The highest BCUT2D eigenvalue weighted by Crippen LogP contribution is 2.20. The number of ether oxygens (including phenoxy) is 1. The first-order valence-electron chi connectivity index (χ1n) is 9.29. The van der Waals surface area contributed by atoms with E-state index in [1.165, 1.54) is 0 Å². The number of unbranched alkanes of at least 4 members (excludes halogenated alkanes) is 1. The van der Waals surface area contributed by atoms with Crippen LogP contribution in [0, 0.1) is 5.92 Å². The van der Waals surface area contributed by atoms with Crippen LogP contribution in [0.15, 0.2) is 60.7 Å². The molecule has 0 aliphatic rings. The zero-order chi connectivity index (χ0) is 18.4. The molecule has 2 aromatic carbocycles. The van der Waals surface area contributed by atoms with Gasteiger partial charge in [0.1, 0.15) is 12.4 Å². The van der Waals surface area contributed by atoms with E-state index in [0.29, 0.717) is 12.4 Å². The molecule has 0 fully saturated rings. The van der Waals surface area contributed by atoms with Crippen LogP contribution < -0.4 is 4.74 Å². The number of para-hydroxylation sites is 1. The zero-order valence-electron chi connectivity index (χ0n) is 15.4. The highest BCUT2D eigenvalue weighted by molar-refractivity contribution is 5.97. The van der Waals surface area contributed by atoms with Crippen molar-refractivity contribution in [2.45, 2.75) is 39.7 Å². The molecule has 1 atom stereocenters. The Kier molecular flexibility index (Phi) is 6.00. The van der Waals surface area contributed by atoms with Gasteiger partial charge in [-0.25, -0.2) is 4.98 Å². The number of fused-ring (bicyclic) bond motifs is 1. The lowest BCUT2D eigenvalue weighted by Gasteiger charge is -2.11. The van der Waals surface area contributed by atoms with E-state index in [1.54, 1.807) is 0 Å². The fourth-order valence-corrected chi connectivity index (χ4v) is 3.01. The summed E-state index contributed by atoms with van der Waals surface area (Å²) in [4.78, 5) is 17.2. The van der Waals surface area contributed by atoms with Gasteiger partial charge in [-0.1, -0.05) is 63.1 Å². The first kappa shape index (κ1) is 18.1. The van der Waals surface area contributed by atoms with E-state index in [-0.39, 0.29) is 11.7 Å². The van der Waals surface area contributed by atoms with E-state index in [9.17, 15) is 4.79 Å². The summed E-state index contributed by atoms with van der Waals surface area (Å²) in [7, 11) is 0. The van der Waals surface area contributed by atoms with Gasteiger partial charge in [-0.3, -0.25) is 4.79 Å². The van der Waals surface area contributed by atoms with Gasteiger partial charge in [0, 0.05) is 16.9 Å². The molecule has 3 aromatic rings. The molecule has 1 unspecified atom stereocenters. The Morgan fingerprint density at radius 3 is 2.77 bits per heavy atom. The minimum atomic E-state index is 0.0485. The van der Waals surface area contributed by atoms with E-state index in [1.807, 2.05) is 61.5 Å². The number of Topliss-reactive ketones (excluding diaryl/α,β-unsaturated/α-hetero) is 1. The molecule has 0 radical (unpaired) electrons. The van der Waals surface area contributed by atoms with Crippen molar-refractivity contribution in [3.05, 3.63) is 71.9 Å². The Morgan fingerprint density at radius 2 is 1.92 bits per heavy atom. The molecule has 0 saturated heterocycles. The standard InChI is InChI=1S/C23H25NO2/c1-3-4-8-17(2)23(25)19-10-7-11-21(15-19)26-16-20-14-13-18-9-5-6-12-22(18)24-20/h5-7,9-15,17H,3-4,8,16H2,1-2H3. The summed E-state index contributed by atoms with van der Waals surface area (Å²) >= 11 is 0. The first-order valence-corrected chi connectivity index (χ1v) is 9.29. The fraction of sp³-hybridized carbons (Fsp3) is 0.304. The summed E-state index contributed by atoms with van der Waals surface area (Å²) in [6.45, 7) is 4.53. The third-order valence-electron chi connectivity index (χ3n) is 4.60. The number of aromatic nitrogens is 1. The molecular formula is C23H25NO2. The minimum Gasteiger partial charge on any atom is -0.487 e. The number of hydrogen-bond donors (Lipinski definition) is 0. The van der Waals surface area contributed by atoms with Crippen LogP contribution in [0.4, 0.5) is 0 Å². The van der Waals surface area contributed by atoms with Crippen LogP contribution in [0.3, 0.4) is 0 Å². The van der Waals surface area contributed by atoms with E-state index in [2.05, 4.69) is 18.0 Å². The summed E-state index contributed by atoms with van der Waals surface area (Å²) in [6.07, 6.45) is 3.12. The molecular weight excluding hydrogens is 322 g/mol. The number of hydrogen-bond acceptors (Lipinski definition) is 3. The van der Waals surface area contributed by atoms with Crippen LogP contribution in [0.1, 0.15) is 49.2 Å². The lowest BCUT2D eigenvalue weighted by molar-refractivity contribution is 0.0922. The van der Waals surface area contributed by atoms with Gasteiger partial charge in [0.05, 0.1) is 11.2 Å². The third-order valence-corrected chi connectivity index (χ3v) is 4.60. The van der Waals surface area contributed by atoms with Crippen LogP contribution in [-0.2, 0) is 6.61 Å². The van der Waals surface area contributed by atoms with Crippen molar-refractivity contribution in [1.29, 1.82) is 0 Å². The van der Waals surface area contributed by atoms with Crippen LogP contribution in [0.2, 0.25) is 0 Å². The number of carbonyl (C=O) groups excluding carboxylic acids is 1. The topological polar surface area (TPSA) is 39.2 Å². The molecule has 0 amide bonds. The number of pyridine rings is 1. The maximum Gasteiger partial charge on any atom is 0.165 e. The maximum absolute atomic E-state index is 12.6. The number of nitrogens with zero attached hydrogens (tertiary/aromatic N) is 1. The predicted octanol–water partition coefficient (Wildman–Crippen LogP) is 5.82. The summed E-state index contributed by atoms with van der Waals surface area (Å²) in [5.74, 6) is 0.939. The number of ketones is 1. The molecule has 0 N–H and O–H groups in total. The predicted molar refractivity (Wildman–Crippen MR) is 106 cm³/mol. The van der Waals surface area contributed by atoms with Crippen LogP contribution in [-0.4, -0.2) is 10.8 Å². The van der Waals surface area contributed by atoms with E-state index < -0.39 is 0 Å². The molecule has 26 heavy (non-hydrogen) atoms. The summed E-state index contributed by atoms with van der Waals surface area (Å²) < 4.78 is 5.88. The van der Waals surface area contributed by atoms with E-state index in [4.69, 9.17) is 4.74 Å². The molecule has 134 valence electrons. The van der Waals surface area contributed by atoms with Gasteiger partial charge >= 0.3 is 0 Å². The maximum atomic E-state index is 12.6. The number of benzene rings is 2. The van der Waals surface area contributed by atoms with Crippen LogP contribution in [0.25, 0.3) is 10.9 Å². The third kappa shape index (κ3) is 4.48. The molecule has 3 nitrogen and oxygen atoms in total. The van der Waals surface area contributed by atoms with Crippen molar-refractivity contribution in [1.82, 2.24) is 4.98 Å². The Balaban J connectivity index is 1.67.